The van der Waals surface area contributed by atoms with Crippen molar-refractivity contribution in [2.75, 3.05) is 31.1 Å². The van der Waals surface area contributed by atoms with E-state index in [-0.39, 0.29) is 0 Å². The minimum absolute atomic E-state index is 0.365. The van der Waals surface area contributed by atoms with Gasteiger partial charge in [-0.3, -0.25) is 0 Å². The van der Waals surface area contributed by atoms with Crippen LogP contribution >= 0.6 is 27.7 Å². The molecule has 0 aliphatic carbocycles. The number of halogens is 1. The largest absolute Gasteiger partial charge is 0.313 e. The highest BCUT2D eigenvalue weighted by molar-refractivity contribution is 9.10. The second-order valence-electron chi connectivity index (χ2n) is 4.56. The van der Waals surface area contributed by atoms with E-state index in [0.29, 0.717) is 22.5 Å². The Balaban J connectivity index is 2.23. The number of rotatable bonds is 5. The maximum Gasteiger partial charge on any atom is 0.244 e. The zero-order valence-electron chi connectivity index (χ0n) is 11.4. The van der Waals surface area contributed by atoms with Crippen molar-refractivity contribution in [1.29, 1.82) is 0 Å². The molecule has 2 rings (SSSR count). The lowest BCUT2D eigenvalue weighted by Crippen LogP contribution is -2.38. The molecule has 1 N–H and O–H groups in total. The van der Waals surface area contributed by atoms with Crippen LogP contribution in [0.1, 0.15) is 12.5 Å². The fourth-order valence-electron chi connectivity index (χ4n) is 2.06. The Bertz CT molecular complexity index is 557. The number of hydrogen-bond acceptors (Lipinski definition) is 4. The van der Waals surface area contributed by atoms with Gasteiger partial charge in [-0.1, -0.05) is 13.0 Å². The number of sulfonamides is 1. The molecule has 1 fully saturated rings. The lowest BCUT2D eigenvalue weighted by Gasteiger charge is -2.26. The Labute approximate surface area is 133 Å². The smallest absolute Gasteiger partial charge is 0.244 e. The molecule has 0 aromatic heterocycles. The molecule has 7 heteroatoms. The van der Waals surface area contributed by atoms with Crippen LogP contribution in [0.4, 0.5) is 0 Å². The molecule has 1 aliphatic heterocycles. The third kappa shape index (κ3) is 3.76. The van der Waals surface area contributed by atoms with E-state index < -0.39 is 10.0 Å². The summed E-state index contributed by atoms with van der Waals surface area (Å²) in [6.45, 7) is 4.87. The number of nitrogens with one attached hydrogen (secondary N) is 1. The molecule has 0 saturated carbocycles. The van der Waals surface area contributed by atoms with Gasteiger partial charge in [0.2, 0.25) is 10.0 Å². The predicted molar refractivity (Wildman–Crippen MR) is 87.6 cm³/mol. The van der Waals surface area contributed by atoms with Gasteiger partial charge in [0.25, 0.3) is 0 Å². The first-order valence-electron chi connectivity index (χ1n) is 6.62. The summed E-state index contributed by atoms with van der Waals surface area (Å²) in [6.07, 6.45) is 0. The van der Waals surface area contributed by atoms with Gasteiger partial charge in [-0.2, -0.15) is 16.1 Å². The molecule has 1 aromatic rings. The Morgan fingerprint density at radius 3 is 2.65 bits per heavy atom. The monoisotopic (exact) mass is 378 g/mol. The Kier molecular flexibility index (Phi) is 5.92. The second-order valence-corrected chi connectivity index (χ2v) is 8.55. The van der Waals surface area contributed by atoms with E-state index >= 15 is 0 Å². The topological polar surface area (TPSA) is 49.4 Å². The van der Waals surface area contributed by atoms with Crippen LogP contribution in [0.2, 0.25) is 0 Å². The highest BCUT2D eigenvalue weighted by Crippen LogP contribution is 2.27. The van der Waals surface area contributed by atoms with Crippen molar-refractivity contribution in [3.63, 3.8) is 0 Å². The zero-order valence-corrected chi connectivity index (χ0v) is 14.7. The van der Waals surface area contributed by atoms with Crippen LogP contribution < -0.4 is 5.32 Å². The van der Waals surface area contributed by atoms with Gasteiger partial charge in [0.1, 0.15) is 0 Å². The van der Waals surface area contributed by atoms with Gasteiger partial charge in [-0.25, -0.2) is 8.42 Å². The van der Waals surface area contributed by atoms with Crippen LogP contribution in [-0.4, -0.2) is 43.9 Å². The van der Waals surface area contributed by atoms with Crippen molar-refractivity contribution in [3.05, 3.63) is 28.2 Å². The normalized spacial score (nSPS) is 17.3. The van der Waals surface area contributed by atoms with E-state index in [1.54, 1.807) is 22.1 Å². The van der Waals surface area contributed by atoms with Crippen LogP contribution in [-0.2, 0) is 16.6 Å². The first-order valence-corrected chi connectivity index (χ1v) is 10.0. The minimum Gasteiger partial charge on any atom is -0.313 e. The third-order valence-electron chi connectivity index (χ3n) is 3.16. The van der Waals surface area contributed by atoms with E-state index in [9.17, 15) is 8.42 Å². The van der Waals surface area contributed by atoms with Gasteiger partial charge >= 0.3 is 0 Å². The van der Waals surface area contributed by atoms with Gasteiger partial charge in [-0.05, 0) is 40.2 Å². The average Bonchev–Trinajstić information content (AvgIpc) is 2.46. The summed E-state index contributed by atoms with van der Waals surface area (Å²) < 4.78 is 27.4. The number of thioether (sulfide) groups is 1. The zero-order chi connectivity index (χ0) is 14.6. The van der Waals surface area contributed by atoms with Gasteiger partial charge in [0, 0.05) is 35.6 Å². The molecule has 1 saturated heterocycles. The van der Waals surface area contributed by atoms with Crippen molar-refractivity contribution in [3.8, 4) is 0 Å². The first-order chi connectivity index (χ1) is 9.55. The van der Waals surface area contributed by atoms with Gasteiger partial charge < -0.3 is 5.32 Å². The summed E-state index contributed by atoms with van der Waals surface area (Å²) in [5.74, 6) is 1.74. The summed E-state index contributed by atoms with van der Waals surface area (Å²) >= 11 is 5.20. The molecule has 0 spiro atoms. The molecule has 0 bridgehead atoms. The van der Waals surface area contributed by atoms with Crippen molar-refractivity contribution < 1.29 is 8.42 Å². The standard InChI is InChI=1S/C13H19BrN2O2S2/c1-2-15-10-11-3-4-13(12(14)9-11)20(17,18)16-5-7-19-8-6-16/h3-4,9,15H,2,5-8,10H2,1H3. The minimum atomic E-state index is -3.38. The Hall–Kier alpha value is -0.0800. The van der Waals surface area contributed by atoms with Crippen molar-refractivity contribution in [2.24, 2.45) is 0 Å². The summed E-state index contributed by atoms with van der Waals surface area (Å²) in [4.78, 5) is 0.365. The van der Waals surface area contributed by atoms with Crippen molar-refractivity contribution in [1.82, 2.24) is 9.62 Å². The quantitative estimate of drug-likeness (QED) is 0.853. The fraction of sp³-hybridized carbons (Fsp3) is 0.538. The maximum absolute atomic E-state index is 12.6. The maximum atomic E-state index is 12.6. The SMILES string of the molecule is CCNCc1ccc(S(=O)(=O)N2CCSCC2)c(Br)c1. The van der Waals surface area contributed by atoms with Gasteiger partial charge in [0.15, 0.2) is 0 Å². The molecule has 1 aliphatic rings. The number of hydrogen-bond donors (Lipinski definition) is 1. The Morgan fingerprint density at radius 2 is 2.05 bits per heavy atom. The lowest BCUT2D eigenvalue weighted by atomic mass is 10.2. The number of nitrogens with zero attached hydrogens (tertiary/aromatic N) is 1. The van der Waals surface area contributed by atoms with Crippen LogP contribution in [0, 0.1) is 0 Å². The molecular weight excluding hydrogens is 360 g/mol. The fourth-order valence-corrected chi connectivity index (χ4v) is 5.72. The molecule has 0 radical (unpaired) electrons. The highest BCUT2D eigenvalue weighted by atomic mass is 79.9. The van der Waals surface area contributed by atoms with Crippen LogP contribution in [0.5, 0.6) is 0 Å². The van der Waals surface area contributed by atoms with E-state index in [1.165, 1.54) is 0 Å². The summed E-state index contributed by atoms with van der Waals surface area (Å²) in [5, 5.41) is 3.23. The van der Waals surface area contributed by atoms with E-state index in [4.69, 9.17) is 0 Å². The summed E-state index contributed by atoms with van der Waals surface area (Å²) in [5.41, 5.74) is 1.08. The van der Waals surface area contributed by atoms with Crippen molar-refractivity contribution in [2.45, 2.75) is 18.4 Å². The van der Waals surface area contributed by atoms with Crippen LogP contribution in [0.25, 0.3) is 0 Å². The van der Waals surface area contributed by atoms with E-state index in [0.717, 1.165) is 30.2 Å². The number of benzene rings is 1. The molecule has 0 unspecified atom stereocenters. The average molecular weight is 379 g/mol. The Morgan fingerprint density at radius 1 is 1.35 bits per heavy atom. The molecule has 112 valence electrons. The molecular formula is C13H19BrN2O2S2. The molecule has 0 atom stereocenters. The second kappa shape index (κ2) is 7.26. The van der Waals surface area contributed by atoms with E-state index in [2.05, 4.69) is 21.2 Å². The van der Waals surface area contributed by atoms with Gasteiger partial charge in [0.05, 0.1) is 4.90 Å². The van der Waals surface area contributed by atoms with Crippen molar-refractivity contribution >= 4 is 37.7 Å². The van der Waals surface area contributed by atoms with Gasteiger partial charge in [-0.15, -0.1) is 0 Å². The molecule has 20 heavy (non-hydrogen) atoms. The van der Waals surface area contributed by atoms with Crippen LogP contribution in [0.3, 0.4) is 0 Å². The first kappa shape index (κ1) is 16.3. The summed E-state index contributed by atoms with van der Waals surface area (Å²) in [6, 6.07) is 5.46. The predicted octanol–water partition coefficient (Wildman–Crippen LogP) is 2.30. The summed E-state index contributed by atoms with van der Waals surface area (Å²) in [7, 11) is -3.38. The highest BCUT2D eigenvalue weighted by Gasteiger charge is 2.27. The molecule has 4 nitrogen and oxygen atoms in total. The third-order valence-corrected chi connectivity index (χ3v) is 6.98. The molecule has 1 heterocycles. The lowest BCUT2D eigenvalue weighted by molar-refractivity contribution is 0.443. The van der Waals surface area contributed by atoms with Crippen LogP contribution in [0.15, 0.2) is 27.6 Å². The molecule has 0 amide bonds. The molecule has 1 aromatic carbocycles. The van der Waals surface area contributed by atoms with E-state index in [1.807, 2.05) is 19.1 Å².